The zero-order valence-electron chi connectivity index (χ0n) is 4.85. The summed E-state index contributed by atoms with van der Waals surface area (Å²) in [5, 5.41) is 0.257. The van der Waals surface area contributed by atoms with Crippen LogP contribution in [0.15, 0.2) is 9.98 Å². The second-order valence-corrected chi connectivity index (χ2v) is 1.48. The highest BCUT2D eigenvalue weighted by molar-refractivity contribution is 6.83. The third-order valence-electron chi connectivity index (χ3n) is 0.649. The predicted molar refractivity (Wildman–Crippen MR) is 36.8 cm³/mol. The van der Waals surface area contributed by atoms with E-state index in [-0.39, 0.29) is 11.0 Å². The van der Waals surface area contributed by atoms with Crippen LogP contribution in [0.4, 0.5) is 0 Å². The molecule has 0 aromatic carbocycles. The van der Waals surface area contributed by atoms with Crippen LogP contribution in [0.25, 0.3) is 0 Å². The second-order valence-electron chi connectivity index (χ2n) is 1.12. The van der Waals surface area contributed by atoms with Gasteiger partial charge in [-0.25, -0.2) is 0 Å². The van der Waals surface area contributed by atoms with Crippen LogP contribution in [0.1, 0.15) is 0 Å². The van der Waals surface area contributed by atoms with Crippen molar-refractivity contribution in [2.24, 2.45) is 15.7 Å². The minimum absolute atomic E-state index is 0.257. The lowest BCUT2D eigenvalue weighted by atomic mass is 10.6. The van der Waals surface area contributed by atoms with Gasteiger partial charge in [-0.2, -0.15) is 0 Å². The first-order valence-corrected chi connectivity index (χ1v) is 2.45. The van der Waals surface area contributed by atoms with Gasteiger partial charge in [-0.3, -0.25) is 9.98 Å². The summed E-state index contributed by atoms with van der Waals surface area (Å²) >= 11 is 5.41. The van der Waals surface area contributed by atoms with E-state index < -0.39 is 0 Å². The van der Waals surface area contributed by atoms with E-state index in [1.807, 2.05) is 0 Å². The molecule has 0 aromatic rings. The molecule has 0 atom stereocenters. The minimum atomic E-state index is 0.257. The topological polar surface area (TPSA) is 50.7 Å². The largest absolute Gasteiger partial charge is 0.381 e. The van der Waals surface area contributed by atoms with Gasteiger partial charge < -0.3 is 5.73 Å². The summed E-state index contributed by atoms with van der Waals surface area (Å²) in [5.41, 5.74) is 5.21. The Bertz CT molecular complexity index is 111. The monoisotopic (exact) mass is 133 g/mol. The highest BCUT2D eigenvalue weighted by atomic mass is 35.5. The molecular formula is C4H8ClN3. The van der Waals surface area contributed by atoms with Gasteiger partial charge in [-0.1, -0.05) is 11.6 Å². The fraction of sp³-hybridized carbons (Fsp3) is 0.500. The van der Waals surface area contributed by atoms with Gasteiger partial charge in [0.25, 0.3) is 0 Å². The molecule has 0 radical (unpaired) electrons. The standard InChI is InChI=1S/C4H8ClN3/c1-7-3(5)4(6)8-2/h1-2H3,(H2,6,8). The molecular weight excluding hydrogens is 126 g/mol. The van der Waals surface area contributed by atoms with E-state index in [1.165, 1.54) is 0 Å². The first-order valence-electron chi connectivity index (χ1n) is 2.07. The molecule has 0 saturated carbocycles. The number of nitrogens with zero attached hydrogens (tertiary/aromatic N) is 2. The fourth-order valence-corrected chi connectivity index (χ4v) is 0.291. The number of rotatable bonds is 1. The molecule has 46 valence electrons. The van der Waals surface area contributed by atoms with Gasteiger partial charge >= 0.3 is 0 Å². The molecule has 4 heteroatoms. The van der Waals surface area contributed by atoms with Crippen molar-refractivity contribution in [3.63, 3.8) is 0 Å². The van der Waals surface area contributed by atoms with Gasteiger partial charge in [0.2, 0.25) is 0 Å². The number of hydrogen-bond donors (Lipinski definition) is 1. The molecule has 0 saturated heterocycles. The van der Waals surface area contributed by atoms with Crippen molar-refractivity contribution in [3.05, 3.63) is 0 Å². The van der Waals surface area contributed by atoms with Crippen molar-refractivity contribution < 1.29 is 0 Å². The summed E-state index contributed by atoms with van der Waals surface area (Å²) < 4.78 is 0. The van der Waals surface area contributed by atoms with E-state index in [4.69, 9.17) is 17.3 Å². The molecule has 0 aliphatic rings. The van der Waals surface area contributed by atoms with Gasteiger partial charge in [0, 0.05) is 14.1 Å². The molecule has 8 heavy (non-hydrogen) atoms. The third-order valence-corrected chi connectivity index (χ3v) is 1.01. The lowest BCUT2D eigenvalue weighted by molar-refractivity contribution is 1.41. The Balaban J connectivity index is 4.04. The first-order chi connectivity index (χ1) is 3.72. The van der Waals surface area contributed by atoms with E-state index in [0.717, 1.165) is 0 Å². The summed E-state index contributed by atoms with van der Waals surface area (Å²) in [4.78, 5) is 7.18. The van der Waals surface area contributed by atoms with E-state index in [1.54, 1.807) is 14.1 Å². The number of amidine groups is 1. The lowest BCUT2D eigenvalue weighted by Gasteiger charge is -1.90. The van der Waals surface area contributed by atoms with Crippen molar-refractivity contribution in [2.75, 3.05) is 14.1 Å². The van der Waals surface area contributed by atoms with Crippen LogP contribution in [0.2, 0.25) is 0 Å². The summed E-state index contributed by atoms with van der Waals surface area (Å²) in [6, 6.07) is 0. The van der Waals surface area contributed by atoms with E-state index >= 15 is 0 Å². The molecule has 0 fully saturated rings. The van der Waals surface area contributed by atoms with E-state index in [2.05, 4.69) is 9.98 Å². The molecule has 3 nitrogen and oxygen atoms in total. The third kappa shape index (κ3) is 1.93. The molecule has 0 unspecified atom stereocenters. The van der Waals surface area contributed by atoms with Crippen molar-refractivity contribution in [2.45, 2.75) is 0 Å². The number of halogens is 1. The van der Waals surface area contributed by atoms with Crippen LogP contribution >= 0.6 is 11.6 Å². The zero-order chi connectivity index (χ0) is 6.57. The number of nitrogens with two attached hydrogens (primary N) is 1. The maximum absolute atomic E-state index is 5.41. The summed E-state index contributed by atoms with van der Waals surface area (Å²) in [6.45, 7) is 0. The van der Waals surface area contributed by atoms with Gasteiger partial charge in [-0.15, -0.1) is 0 Å². The molecule has 0 rings (SSSR count). The van der Waals surface area contributed by atoms with E-state index in [0.29, 0.717) is 0 Å². The normalized spacial score (nSPS) is 14.4. The van der Waals surface area contributed by atoms with Crippen LogP contribution in [-0.4, -0.2) is 25.1 Å². The molecule has 0 heterocycles. The molecule has 0 spiro atoms. The summed E-state index contributed by atoms with van der Waals surface area (Å²) in [5.74, 6) is 0.272. The average Bonchev–Trinajstić information content (AvgIpc) is 1.84. The van der Waals surface area contributed by atoms with Gasteiger partial charge in [0.15, 0.2) is 11.0 Å². The molecule has 0 amide bonds. The molecule has 2 N–H and O–H groups in total. The van der Waals surface area contributed by atoms with Crippen molar-refractivity contribution in [1.82, 2.24) is 0 Å². The SMILES string of the molecule is CN=C(N)C(Cl)=NC. The highest BCUT2D eigenvalue weighted by Gasteiger charge is 1.93. The van der Waals surface area contributed by atoms with Crippen LogP contribution < -0.4 is 5.73 Å². The van der Waals surface area contributed by atoms with Gasteiger partial charge in [-0.05, 0) is 0 Å². The average molecular weight is 134 g/mol. The molecule has 0 aliphatic carbocycles. The maximum Gasteiger partial charge on any atom is 0.165 e. The maximum atomic E-state index is 5.41. The molecule has 0 aliphatic heterocycles. The molecule has 0 bridgehead atoms. The minimum Gasteiger partial charge on any atom is -0.381 e. The Morgan fingerprint density at radius 1 is 1.38 bits per heavy atom. The zero-order valence-corrected chi connectivity index (χ0v) is 5.61. The van der Waals surface area contributed by atoms with E-state index in [9.17, 15) is 0 Å². The number of hydrogen-bond acceptors (Lipinski definition) is 2. The summed E-state index contributed by atoms with van der Waals surface area (Å²) in [6.07, 6.45) is 0. The lowest BCUT2D eigenvalue weighted by Crippen LogP contribution is -2.18. The van der Waals surface area contributed by atoms with Crippen LogP contribution in [-0.2, 0) is 0 Å². The Hall–Kier alpha value is -0.570. The Labute approximate surface area is 53.3 Å². The Morgan fingerprint density at radius 3 is 2.00 bits per heavy atom. The van der Waals surface area contributed by atoms with Crippen molar-refractivity contribution in [3.8, 4) is 0 Å². The smallest absolute Gasteiger partial charge is 0.165 e. The Kier molecular flexibility index (Phi) is 3.19. The highest BCUT2D eigenvalue weighted by Crippen LogP contribution is 1.82. The van der Waals surface area contributed by atoms with Crippen LogP contribution in [0.5, 0.6) is 0 Å². The summed E-state index contributed by atoms with van der Waals surface area (Å²) in [7, 11) is 3.11. The van der Waals surface area contributed by atoms with Crippen molar-refractivity contribution in [1.29, 1.82) is 0 Å². The van der Waals surface area contributed by atoms with Gasteiger partial charge in [0.1, 0.15) is 0 Å². The number of aliphatic imine (C=N–C) groups is 2. The first kappa shape index (κ1) is 7.43. The Morgan fingerprint density at radius 2 is 1.88 bits per heavy atom. The predicted octanol–water partition coefficient (Wildman–Crippen LogP) is 0.241. The van der Waals surface area contributed by atoms with Crippen LogP contribution in [0.3, 0.4) is 0 Å². The second kappa shape index (κ2) is 3.43. The van der Waals surface area contributed by atoms with Crippen molar-refractivity contribution >= 4 is 22.6 Å². The van der Waals surface area contributed by atoms with Gasteiger partial charge in [0.05, 0.1) is 0 Å². The fourth-order valence-electron chi connectivity index (χ4n) is 0.207. The molecule has 0 aromatic heterocycles. The quantitative estimate of drug-likeness (QED) is 0.404. The van der Waals surface area contributed by atoms with Crippen LogP contribution in [0, 0.1) is 0 Å².